The van der Waals surface area contributed by atoms with Crippen molar-refractivity contribution in [2.75, 3.05) is 23.4 Å². The van der Waals surface area contributed by atoms with E-state index in [-0.39, 0.29) is 12.5 Å². The molecule has 0 aromatic heterocycles. The molecule has 0 unspecified atom stereocenters. The van der Waals surface area contributed by atoms with E-state index < -0.39 is 18.5 Å². The van der Waals surface area contributed by atoms with Crippen molar-refractivity contribution in [2.24, 2.45) is 0 Å². The summed E-state index contributed by atoms with van der Waals surface area (Å²) in [6.45, 7) is 1.30. The highest BCUT2D eigenvalue weighted by atomic mass is 35.5. The predicted molar refractivity (Wildman–Crippen MR) is 104 cm³/mol. The fourth-order valence-corrected chi connectivity index (χ4v) is 2.78. The number of anilines is 2. The van der Waals surface area contributed by atoms with Crippen molar-refractivity contribution >= 4 is 46.8 Å². The number of nitrogens with zero attached hydrogens (tertiary/aromatic N) is 1. The van der Waals surface area contributed by atoms with Gasteiger partial charge in [-0.2, -0.15) is 0 Å². The number of amides is 2. The van der Waals surface area contributed by atoms with Crippen molar-refractivity contribution in [3.05, 3.63) is 64.7 Å². The van der Waals surface area contributed by atoms with Gasteiger partial charge >= 0.3 is 5.97 Å². The third kappa shape index (κ3) is 4.54. The maximum Gasteiger partial charge on any atom is 0.331 e. The van der Waals surface area contributed by atoms with E-state index in [2.05, 4.69) is 5.32 Å². The summed E-state index contributed by atoms with van der Waals surface area (Å²) in [5, 5.41) is 3.29. The highest BCUT2D eigenvalue weighted by Gasteiger charge is 2.26. The molecule has 1 N–H and O–H groups in total. The Hall–Kier alpha value is -3.12. The molecule has 0 radical (unpaired) electrons. The van der Waals surface area contributed by atoms with E-state index >= 15 is 0 Å². The molecule has 138 valence electrons. The summed E-state index contributed by atoms with van der Waals surface area (Å²) >= 11 is 6.04. The number of carbonyl (C=O) groups excluding carboxylic acids is 3. The van der Waals surface area contributed by atoms with Gasteiger partial charge in [0.25, 0.3) is 5.91 Å². The van der Waals surface area contributed by atoms with Crippen LogP contribution in [-0.4, -0.2) is 30.9 Å². The first-order valence-corrected chi connectivity index (χ1v) is 8.62. The zero-order valence-corrected chi connectivity index (χ0v) is 15.3. The number of aryl methyl sites for hydroxylation is 1. The topological polar surface area (TPSA) is 75.7 Å². The molecule has 27 heavy (non-hydrogen) atoms. The van der Waals surface area contributed by atoms with Crippen LogP contribution in [0.1, 0.15) is 11.1 Å². The zero-order valence-electron chi connectivity index (χ0n) is 14.6. The largest absolute Gasteiger partial charge is 0.452 e. The average Bonchev–Trinajstić information content (AvgIpc) is 2.66. The van der Waals surface area contributed by atoms with Crippen LogP contribution >= 0.6 is 11.6 Å². The van der Waals surface area contributed by atoms with Gasteiger partial charge in [-0.05, 0) is 42.3 Å². The van der Waals surface area contributed by atoms with E-state index in [1.807, 2.05) is 19.1 Å². The number of carbonyl (C=O) groups is 3. The van der Waals surface area contributed by atoms with Crippen molar-refractivity contribution < 1.29 is 19.1 Å². The number of fused-ring (bicyclic) bond motifs is 1. The van der Waals surface area contributed by atoms with Crippen LogP contribution < -0.4 is 10.2 Å². The Morgan fingerprint density at radius 3 is 2.81 bits per heavy atom. The third-order valence-electron chi connectivity index (χ3n) is 4.02. The van der Waals surface area contributed by atoms with E-state index in [1.165, 1.54) is 11.0 Å². The molecule has 0 atom stereocenters. The minimum Gasteiger partial charge on any atom is -0.452 e. The van der Waals surface area contributed by atoms with Crippen LogP contribution in [0.3, 0.4) is 0 Å². The first kappa shape index (κ1) is 18.7. The van der Waals surface area contributed by atoms with Gasteiger partial charge in [0.05, 0.1) is 11.4 Å². The second-order valence-electron chi connectivity index (χ2n) is 5.99. The first-order chi connectivity index (χ1) is 12.9. The summed E-state index contributed by atoms with van der Waals surface area (Å²) < 4.78 is 5.00. The number of esters is 1. The Balaban J connectivity index is 1.60. The van der Waals surface area contributed by atoms with E-state index in [1.54, 1.807) is 36.4 Å². The molecule has 2 aromatic carbocycles. The fraction of sp³-hybridized carbons (Fsp3) is 0.150. The molecule has 0 aliphatic carbocycles. The second kappa shape index (κ2) is 8.05. The van der Waals surface area contributed by atoms with Crippen LogP contribution in [0, 0.1) is 6.92 Å². The number of hydrogen-bond donors (Lipinski definition) is 1. The third-order valence-corrected chi connectivity index (χ3v) is 4.42. The summed E-state index contributed by atoms with van der Waals surface area (Å²) in [5.41, 5.74) is 2.80. The molecule has 2 amide bonds. The first-order valence-electron chi connectivity index (χ1n) is 8.24. The molecule has 7 heteroatoms. The lowest BCUT2D eigenvalue weighted by atomic mass is 10.1. The van der Waals surface area contributed by atoms with E-state index in [0.29, 0.717) is 16.4 Å². The van der Waals surface area contributed by atoms with E-state index in [0.717, 1.165) is 11.1 Å². The van der Waals surface area contributed by atoms with E-state index in [4.69, 9.17) is 16.3 Å². The molecule has 6 nitrogen and oxygen atoms in total. The lowest BCUT2D eigenvalue weighted by molar-refractivity contribution is -0.143. The van der Waals surface area contributed by atoms with Crippen molar-refractivity contribution in [3.8, 4) is 0 Å². The van der Waals surface area contributed by atoms with Crippen LogP contribution in [0.25, 0.3) is 6.08 Å². The highest BCUT2D eigenvalue weighted by molar-refractivity contribution is 6.31. The van der Waals surface area contributed by atoms with Crippen molar-refractivity contribution in [3.63, 3.8) is 0 Å². The molecule has 0 fully saturated rings. The van der Waals surface area contributed by atoms with Gasteiger partial charge < -0.3 is 10.1 Å². The SMILES string of the molecule is Cc1ccc(/C=C/C(=O)OCC(=O)N2CC(=O)Nc3ccccc32)cc1Cl. The van der Waals surface area contributed by atoms with Gasteiger partial charge in [-0.1, -0.05) is 35.9 Å². The number of halogens is 1. The Kier molecular flexibility index (Phi) is 5.57. The van der Waals surface area contributed by atoms with Crippen molar-refractivity contribution in [2.45, 2.75) is 6.92 Å². The summed E-state index contributed by atoms with van der Waals surface area (Å²) in [7, 11) is 0. The molecule has 0 saturated heterocycles. The second-order valence-corrected chi connectivity index (χ2v) is 6.40. The molecule has 1 aliphatic heterocycles. The van der Waals surface area contributed by atoms with Gasteiger partial charge in [-0.15, -0.1) is 0 Å². The van der Waals surface area contributed by atoms with Gasteiger partial charge in [0, 0.05) is 11.1 Å². The van der Waals surface area contributed by atoms with Gasteiger partial charge in [0.2, 0.25) is 5.91 Å². The lowest BCUT2D eigenvalue weighted by Crippen LogP contribution is -2.43. The fourth-order valence-electron chi connectivity index (χ4n) is 2.59. The van der Waals surface area contributed by atoms with Crippen LogP contribution in [-0.2, 0) is 19.1 Å². The van der Waals surface area contributed by atoms with Gasteiger partial charge in [-0.25, -0.2) is 4.79 Å². The number of benzene rings is 2. The van der Waals surface area contributed by atoms with Gasteiger partial charge in [-0.3, -0.25) is 14.5 Å². The lowest BCUT2D eigenvalue weighted by Gasteiger charge is -2.28. The molecule has 0 spiro atoms. The quantitative estimate of drug-likeness (QED) is 0.648. The maximum absolute atomic E-state index is 12.4. The molecule has 2 aromatic rings. The highest BCUT2D eigenvalue weighted by Crippen LogP contribution is 2.28. The average molecular weight is 385 g/mol. The molecule has 1 aliphatic rings. The van der Waals surface area contributed by atoms with E-state index in [9.17, 15) is 14.4 Å². The Morgan fingerprint density at radius 1 is 1.26 bits per heavy atom. The number of rotatable bonds is 4. The van der Waals surface area contributed by atoms with Crippen LogP contribution in [0.15, 0.2) is 48.5 Å². The monoisotopic (exact) mass is 384 g/mol. The predicted octanol–water partition coefficient (Wildman–Crippen LogP) is 3.19. The number of para-hydroxylation sites is 2. The van der Waals surface area contributed by atoms with Crippen LogP contribution in [0.5, 0.6) is 0 Å². The molecular formula is C20H17ClN2O4. The molecule has 0 bridgehead atoms. The smallest absolute Gasteiger partial charge is 0.331 e. The van der Waals surface area contributed by atoms with Crippen LogP contribution in [0.2, 0.25) is 5.02 Å². The minimum atomic E-state index is -0.658. The zero-order chi connectivity index (χ0) is 19.4. The number of hydrogen-bond acceptors (Lipinski definition) is 4. The molecular weight excluding hydrogens is 368 g/mol. The number of ether oxygens (including phenoxy) is 1. The van der Waals surface area contributed by atoms with Crippen molar-refractivity contribution in [1.82, 2.24) is 0 Å². The molecule has 3 rings (SSSR count). The Labute approximate surface area is 161 Å². The summed E-state index contributed by atoms with van der Waals surface area (Å²) in [5.74, 6) is -1.43. The van der Waals surface area contributed by atoms with Gasteiger partial charge in [0.1, 0.15) is 6.54 Å². The molecule has 0 saturated carbocycles. The summed E-state index contributed by atoms with van der Waals surface area (Å²) in [4.78, 5) is 37.3. The minimum absolute atomic E-state index is 0.120. The number of nitrogens with one attached hydrogen (secondary N) is 1. The van der Waals surface area contributed by atoms with Crippen molar-refractivity contribution in [1.29, 1.82) is 0 Å². The molecule has 1 heterocycles. The normalized spacial score (nSPS) is 13.3. The van der Waals surface area contributed by atoms with Gasteiger partial charge in [0.15, 0.2) is 6.61 Å². The van der Waals surface area contributed by atoms with Crippen LogP contribution in [0.4, 0.5) is 11.4 Å². The maximum atomic E-state index is 12.4. The Morgan fingerprint density at radius 2 is 2.04 bits per heavy atom. The summed E-state index contributed by atoms with van der Waals surface area (Å²) in [6.07, 6.45) is 2.78. The standard InChI is InChI=1S/C20H17ClN2O4/c1-13-6-7-14(10-15(13)21)8-9-20(26)27-12-19(25)23-11-18(24)22-16-4-2-3-5-17(16)23/h2-10H,11-12H2,1H3,(H,22,24)/b9-8+. The Bertz CT molecular complexity index is 939. The summed E-state index contributed by atoms with van der Waals surface area (Å²) in [6, 6.07) is 12.3.